The molecule has 0 saturated carbocycles. The Morgan fingerprint density at radius 2 is 2.00 bits per heavy atom. The fourth-order valence-electron chi connectivity index (χ4n) is 2.41. The number of imidazole rings is 1. The van der Waals surface area contributed by atoms with E-state index < -0.39 is 0 Å². The minimum absolute atomic E-state index is 0.405. The minimum atomic E-state index is 0.405. The van der Waals surface area contributed by atoms with E-state index in [2.05, 4.69) is 72.2 Å². The molecule has 0 radical (unpaired) electrons. The van der Waals surface area contributed by atoms with Crippen molar-refractivity contribution in [2.24, 2.45) is 0 Å². The smallest absolute Gasteiger partial charge is 0.203 e. The van der Waals surface area contributed by atoms with E-state index in [1.807, 2.05) is 0 Å². The SMILES string of the molecule is CCCCNc1nc(C)cn1C(C)Cc1ccccc1. The maximum absolute atomic E-state index is 4.60. The van der Waals surface area contributed by atoms with Gasteiger partial charge in [-0.15, -0.1) is 0 Å². The lowest BCUT2D eigenvalue weighted by Gasteiger charge is -2.17. The standard InChI is InChI=1S/C17H25N3/c1-4-5-11-18-17-19-14(2)13-20(17)15(3)12-16-9-7-6-8-10-16/h6-10,13,15H,4-5,11-12H2,1-3H3,(H,18,19). The van der Waals surface area contributed by atoms with Crippen LogP contribution in [0.4, 0.5) is 5.95 Å². The number of aromatic nitrogens is 2. The van der Waals surface area contributed by atoms with Crippen LogP contribution in [0.2, 0.25) is 0 Å². The fourth-order valence-corrected chi connectivity index (χ4v) is 2.41. The highest BCUT2D eigenvalue weighted by Gasteiger charge is 2.12. The van der Waals surface area contributed by atoms with Crippen LogP contribution < -0.4 is 5.32 Å². The van der Waals surface area contributed by atoms with Gasteiger partial charge in [0, 0.05) is 18.8 Å². The summed E-state index contributed by atoms with van der Waals surface area (Å²) in [6.07, 6.45) is 5.55. The first-order chi connectivity index (χ1) is 9.70. The summed E-state index contributed by atoms with van der Waals surface area (Å²) < 4.78 is 2.26. The Labute approximate surface area is 122 Å². The average molecular weight is 271 g/mol. The number of benzene rings is 1. The number of hydrogen-bond acceptors (Lipinski definition) is 2. The van der Waals surface area contributed by atoms with Crippen molar-refractivity contribution in [1.82, 2.24) is 9.55 Å². The Hall–Kier alpha value is -1.77. The summed E-state index contributed by atoms with van der Waals surface area (Å²) >= 11 is 0. The van der Waals surface area contributed by atoms with Crippen molar-refractivity contribution in [3.63, 3.8) is 0 Å². The van der Waals surface area contributed by atoms with E-state index in [0.29, 0.717) is 6.04 Å². The van der Waals surface area contributed by atoms with Crippen molar-refractivity contribution in [1.29, 1.82) is 0 Å². The van der Waals surface area contributed by atoms with Gasteiger partial charge in [0.1, 0.15) is 0 Å². The van der Waals surface area contributed by atoms with Crippen LogP contribution in [-0.2, 0) is 6.42 Å². The summed E-state index contributed by atoms with van der Waals surface area (Å²) in [5.74, 6) is 0.999. The Morgan fingerprint density at radius 1 is 1.25 bits per heavy atom. The zero-order chi connectivity index (χ0) is 14.4. The highest BCUT2D eigenvalue weighted by atomic mass is 15.2. The molecule has 2 aromatic rings. The molecule has 1 unspecified atom stereocenters. The minimum Gasteiger partial charge on any atom is -0.356 e. The molecule has 0 amide bonds. The summed E-state index contributed by atoms with van der Waals surface area (Å²) in [6.45, 7) is 7.50. The van der Waals surface area contributed by atoms with Gasteiger partial charge in [-0.3, -0.25) is 0 Å². The zero-order valence-electron chi connectivity index (χ0n) is 12.8. The molecular weight excluding hydrogens is 246 g/mol. The third-order valence-electron chi connectivity index (χ3n) is 3.51. The first kappa shape index (κ1) is 14.6. The highest BCUT2D eigenvalue weighted by molar-refractivity contribution is 5.30. The molecule has 1 atom stereocenters. The first-order valence-electron chi connectivity index (χ1n) is 7.54. The van der Waals surface area contributed by atoms with E-state index in [1.54, 1.807) is 0 Å². The lowest BCUT2D eigenvalue weighted by molar-refractivity contribution is 0.548. The normalized spacial score (nSPS) is 12.3. The maximum Gasteiger partial charge on any atom is 0.203 e. The van der Waals surface area contributed by atoms with E-state index in [4.69, 9.17) is 0 Å². The monoisotopic (exact) mass is 271 g/mol. The van der Waals surface area contributed by atoms with Crippen molar-refractivity contribution in [3.8, 4) is 0 Å². The molecule has 1 aromatic carbocycles. The van der Waals surface area contributed by atoms with Gasteiger partial charge in [0.2, 0.25) is 5.95 Å². The largest absolute Gasteiger partial charge is 0.356 e. The molecule has 0 aliphatic heterocycles. The number of aryl methyl sites for hydroxylation is 1. The quantitative estimate of drug-likeness (QED) is 0.765. The number of rotatable bonds is 7. The Balaban J connectivity index is 2.06. The third-order valence-corrected chi connectivity index (χ3v) is 3.51. The van der Waals surface area contributed by atoms with Crippen molar-refractivity contribution in [2.45, 2.75) is 46.1 Å². The molecule has 3 heteroatoms. The van der Waals surface area contributed by atoms with Gasteiger partial charge < -0.3 is 9.88 Å². The van der Waals surface area contributed by atoms with Gasteiger partial charge in [-0.25, -0.2) is 4.98 Å². The summed E-state index contributed by atoms with van der Waals surface area (Å²) in [4.78, 5) is 4.60. The van der Waals surface area contributed by atoms with E-state index in [1.165, 1.54) is 18.4 Å². The van der Waals surface area contributed by atoms with Gasteiger partial charge >= 0.3 is 0 Å². The van der Waals surface area contributed by atoms with E-state index >= 15 is 0 Å². The van der Waals surface area contributed by atoms with Gasteiger partial charge in [-0.1, -0.05) is 43.7 Å². The molecule has 1 heterocycles. The average Bonchev–Trinajstić information content (AvgIpc) is 2.81. The number of nitrogens with one attached hydrogen (secondary N) is 1. The Kier molecular flexibility index (Phi) is 5.22. The number of nitrogens with zero attached hydrogens (tertiary/aromatic N) is 2. The second-order valence-electron chi connectivity index (χ2n) is 5.43. The molecule has 0 aliphatic rings. The van der Waals surface area contributed by atoms with E-state index in [9.17, 15) is 0 Å². The lowest BCUT2D eigenvalue weighted by atomic mass is 10.1. The maximum atomic E-state index is 4.60. The lowest BCUT2D eigenvalue weighted by Crippen LogP contribution is -2.13. The van der Waals surface area contributed by atoms with Crippen LogP contribution in [0.3, 0.4) is 0 Å². The predicted molar refractivity (Wildman–Crippen MR) is 85.2 cm³/mol. The summed E-state index contributed by atoms with van der Waals surface area (Å²) in [5.41, 5.74) is 2.44. The molecule has 0 aliphatic carbocycles. The van der Waals surface area contributed by atoms with Crippen molar-refractivity contribution in [2.75, 3.05) is 11.9 Å². The molecule has 108 valence electrons. The molecule has 1 aromatic heterocycles. The molecule has 1 N–H and O–H groups in total. The van der Waals surface area contributed by atoms with Gasteiger partial charge in [-0.2, -0.15) is 0 Å². The molecular formula is C17H25N3. The summed E-state index contributed by atoms with van der Waals surface area (Å²) in [5, 5.41) is 3.45. The number of unbranched alkanes of at least 4 members (excludes halogenated alkanes) is 1. The molecule has 0 bridgehead atoms. The molecule has 0 spiro atoms. The van der Waals surface area contributed by atoms with Crippen LogP contribution in [0.25, 0.3) is 0 Å². The van der Waals surface area contributed by atoms with E-state index in [0.717, 1.165) is 24.6 Å². The summed E-state index contributed by atoms with van der Waals surface area (Å²) in [6, 6.07) is 11.0. The van der Waals surface area contributed by atoms with Crippen molar-refractivity contribution >= 4 is 5.95 Å². The topological polar surface area (TPSA) is 29.9 Å². The van der Waals surface area contributed by atoms with Crippen molar-refractivity contribution < 1.29 is 0 Å². The van der Waals surface area contributed by atoms with Crippen molar-refractivity contribution in [3.05, 3.63) is 47.8 Å². The van der Waals surface area contributed by atoms with Crippen LogP contribution in [-0.4, -0.2) is 16.1 Å². The van der Waals surface area contributed by atoms with Gasteiger partial charge in [0.25, 0.3) is 0 Å². The molecule has 0 saturated heterocycles. The van der Waals surface area contributed by atoms with Crippen LogP contribution >= 0.6 is 0 Å². The number of anilines is 1. The van der Waals surface area contributed by atoms with Crippen LogP contribution in [0.1, 0.15) is 44.0 Å². The zero-order valence-corrected chi connectivity index (χ0v) is 12.8. The van der Waals surface area contributed by atoms with E-state index in [-0.39, 0.29) is 0 Å². The second-order valence-corrected chi connectivity index (χ2v) is 5.43. The Bertz CT molecular complexity index is 516. The molecule has 0 fully saturated rings. The molecule has 2 rings (SSSR count). The van der Waals surface area contributed by atoms with Gasteiger partial charge in [0.05, 0.1) is 5.69 Å². The second kappa shape index (κ2) is 7.13. The Morgan fingerprint density at radius 3 is 2.70 bits per heavy atom. The first-order valence-corrected chi connectivity index (χ1v) is 7.54. The molecule has 3 nitrogen and oxygen atoms in total. The van der Waals surface area contributed by atoms with Crippen LogP contribution in [0, 0.1) is 6.92 Å². The van der Waals surface area contributed by atoms with Crippen LogP contribution in [0.5, 0.6) is 0 Å². The predicted octanol–water partition coefficient (Wildman–Crippen LogP) is 4.21. The third kappa shape index (κ3) is 3.86. The van der Waals surface area contributed by atoms with Gasteiger partial charge in [0.15, 0.2) is 0 Å². The number of hydrogen-bond donors (Lipinski definition) is 1. The van der Waals surface area contributed by atoms with Gasteiger partial charge in [-0.05, 0) is 32.3 Å². The molecule has 20 heavy (non-hydrogen) atoms. The highest BCUT2D eigenvalue weighted by Crippen LogP contribution is 2.20. The summed E-state index contributed by atoms with van der Waals surface area (Å²) in [7, 11) is 0. The van der Waals surface area contributed by atoms with Crippen LogP contribution in [0.15, 0.2) is 36.5 Å². The fraction of sp³-hybridized carbons (Fsp3) is 0.471.